The Hall–Kier alpha value is -2.01. The molecular formula is C18H23NO4. The summed E-state index contributed by atoms with van der Waals surface area (Å²) in [4.78, 5) is 42.4. The van der Waals surface area contributed by atoms with Gasteiger partial charge in [0.2, 0.25) is 0 Å². The number of nitrogens with zero attached hydrogens (tertiary/aromatic N) is 1. The smallest absolute Gasteiger partial charge is 0.357 e. The lowest BCUT2D eigenvalue weighted by Gasteiger charge is -2.39. The number of hydroxylamine groups is 2. The second kappa shape index (κ2) is 6.62. The monoisotopic (exact) mass is 317 g/mol. The van der Waals surface area contributed by atoms with Gasteiger partial charge in [0, 0.05) is 17.9 Å². The molecule has 1 unspecified atom stereocenters. The van der Waals surface area contributed by atoms with Crippen molar-refractivity contribution in [2.24, 2.45) is 17.3 Å². The van der Waals surface area contributed by atoms with Gasteiger partial charge in [-0.15, -0.1) is 5.06 Å². The van der Waals surface area contributed by atoms with E-state index in [1.807, 2.05) is 6.07 Å². The third kappa shape index (κ3) is 3.85. The first kappa shape index (κ1) is 17.3. The van der Waals surface area contributed by atoms with Crippen molar-refractivity contribution in [3.8, 4) is 0 Å². The van der Waals surface area contributed by atoms with Crippen molar-refractivity contribution in [2.45, 2.75) is 27.7 Å². The van der Waals surface area contributed by atoms with E-state index in [2.05, 4.69) is 0 Å². The molecule has 1 fully saturated rings. The Kier molecular flexibility index (Phi) is 5.00. The molecule has 0 radical (unpaired) electrons. The van der Waals surface area contributed by atoms with Crippen molar-refractivity contribution in [3.05, 3.63) is 35.9 Å². The molecular weight excluding hydrogens is 294 g/mol. The lowest BCUT2D eigenvalue weighted by molar-refractivity contribution is -0.174. The van der Waals surface area contributed by atoms with E-state index < -0.39 is 17.3 Å². The minimum absolute atomic E-state index is 0.0804. The number of rotatable bonds is 4. The number of piperidine rings is 1. The van der Waals surface area contributed by atoms with Crippen molar-refractivity contribution in [1.82, 2.24) is 5.06 Å². The standard InChI is InChI=1S/C18H23NO4/c1-12(2)15(20)14-10-19(11-18(3,4)16(14)21)23-17(22)13-8-6-5-7-9-13/h5-9,12,14H,10-11H2,1-4H3. The molecule has 1 aliphatic rings. The van der Waals surface area contributed by atoms with E-state index in [9.17, 15) is 14.4 Å². The fraction of sp³-hybridized carbons (Fsp3) is 0.500. The summed E-state index contributed by atoms with van der Waals surface area (Å²) in [6, 6.07) is 8.66. The van der Waals surface area contributed by atoms with E-state index >= 15 is 0 Å². The van der Waals surface area contributed by atoms with Gasteiger partial charge < -0.3 is 4.84 Å². The van der Waals surface area contributed by atoms with Gasteiger partial charge in [-0.1, -0.05) is 45.9 Å². The van der Waals surface area contributed by atoms with Crippen LogP contribution < -0.4 is 0 Å². The molecule has 124 valence electrons. The third-order valence-electron chi connectivity index (χ3n) is 4.08. The molecule has 0 aromatic heterocycles. The van der Waals surface area contributed by atoms with Crippen LogP contribution in [0.4, 0.5) is 0 Å². The van der Waals surface area contributed by atoms with Crippen LogP contribution in [-0.4, -0.2) is 35.7 Å². The van der Waals surface area contributed by atoms with E-state index in [-0.39, 0.29) is 30.6 Å². The second-order valence-electron chi connectivity index (χ2n) is 6.93. The average molecular weight is 317 g/mol. The normalized spacial score (nSPS) is 21.3. The molecule has 0 aliphatic carbocycles. The van der Waals surface area contributed by atoms with Gasteiger partial charge >= 0.3 is 5.97 Å². The Balaban J connectivity index is 2.15. The van der Waals surface area contributed by atoms with Crippen molar-refractivity contribution in [2.75, 3.05) is 13.1 Å². The largest absolute Gasteiger partial charge is 0.364 e. The van der Waals surface area contributed by atoms with Gasteiger partial charge in [0.05, 0.1) is 18.0 Å². The minimum Gasteiger partial charge on any atom is -0.364 e. The molecule has 5 nitrogen and oxygen atoms in total. The van der Waals surface area contributed by atoms with E-state index in [1.54, 1.807) is 52.0 Å². The van der Waals surface area contributed by atoms with Crippen LogP contribution in [0.5, 0.6) is 0 Å². The fourth-order valence-corrected chi connectivity index (χ4v) is 2.78. The molecule has 0 spiro atoms. The summed E-state index contributed by atoms with van der Waals surface area (Å²) in [7, 11) is 0. The van der Waals surface area contributed by atoms with Crippen LogP contribution >= 0.6 is 0 Å². The van der Waals surface area contributed by atoms with Gasteiger partial charge in [-0.05, 0) is 12.1 Å². The van der Waals surface area contributed by atoms with Gasteiger partial charge in [0.25, 0.3) is 0 Å². The summed E-state index contributed by atoms with van der Waals surface area (Å²) < 4.78 is 0. The summed E-state index contributed by atoms with van der Waals surface area (Å²) in [5.41, 5.74) is -0.293. The molecule has 1 saturated heterocycles. The second-order valence-corrected chi connectivity index (χ2v) is 6.93. The van der Waals surface area contributed by atoms with E-state index in [1.165, 1.54) is 5.06 Å². The summed E-state index contributed by atoms with van der Waals surface area (Å²) >= 11 is 0. The molecule has 1 aromatic rings. The number of carbonyl (C=O) groups excluding carboxylic acids is 3. The lowest BCUT2D eigenvalue weighted by atomic mass is 9.74. The maximum Gasteiger partial charge on any atom is 0.357 e. The van der Waals surface area contributed by atoms with Gasteiger partial charge in [0.1, 0.15) is 5.78 Å². The first-order valence-electron chi connectivity index (χ1n) is 7.82. The summed E-state index contributed by atoms with van der Waals surface area (Å²) in [5, 5.41) is 1.45. The molecule has 1 heterocycles. The van der Waals surface area contributed by atoms with Crippen molar-refractivity contribution < 1.29 is 19.2 Å². The fourth-order valence-electron chi connectivity index (χ4n) is 2.78. The number of benzene rings is 1. The van der Waals surface area contributed by atoms with Crippen molar-refractivity contribution in [1.29, 1.82) is 0 Å². The molecule has 2 rings (SSSR count). The van der Waals surface area contributed by atoms with Crippen LogP contribution in [0.3, 0.4) is 0 Å². The summed E-state index contributed by atoms with van der Waals surface area (Å²) in [5.74, 6) is -1.65. The molecule has 0 saturated carbocycles. The number of carbonyl (C=O) groups is 3. The highest BCUT2D eigenvalue weighted by Gasteiger charge is 2.45. The van der Waals surface area contributed by atoms with Gasteiger partial charge in [-0.3, -0.25) is 9.59 Å². The SMILES string of the molecule is CC(C)C(=O)C1CN(OC(=O)c2ccccc2)CC(C)(C)C1=O. The Morgan fingerprint density at radius 2 is 1.83 bits per heavy atom. The molecule has 0 N–H and O–H groups in total. The maximum atomic E-state index is 12.5. The maximum absolute atomic E-state index is 12.5. The van der Waals surface area contributed by atoms with Crippen LogP contribution in [0.25, 0.3) is 0 Å². The van der Waals surface area contributed by atoms with Crippen molar-refractivity contribution >= 4 is 17.5 Å². The predicted molar refractivity (Wildman–Crippen MR) is 85.6 cm³/mol. The Bertz CT molecular complexity index is 607. The van der Waals surface area contributed by atoms with Crippen LogP contribution in [-0.2, 0) is 14.4 Å². The molecule has 0 bridgehead atoms. The van der Waals surface area contributed by atoms with Crippen LogP contribution in [0.2, 0.25) is 0 Å². The van der Waals surface area contributed by atoms with E-state index in [0.29, 0.717) is 5.56 Å². The number of Topliss-reactive ketones (excluding diaryl/α,β-unsaturated/α-hetero) is 2. The van der Waals surface area contributed by atoms with Crippen LogP contribution in [0.15, 0.2) is 30.3 Å². The molecule has 23 heavy (non-hydrogen) atoms. The zero-order valence-electron chi connectivity index (χ0n) is 14.0. The molecule has 1 aliphatic heterocycles. The van der Waals surface area contributed by atoms with Crippen molar-refractivity contribution in [3.63, 3.8) is 0 Å². The summed E-state index contributed by atoms with van der Waals surface area (Å²) in [6.45, 7) is 7.51. The lowest BCUT2D eigenvalue weighted by Crippen LogP contribution is -2.54. The highest BCUT2D eigenvalue weighted by Crippen LogP contribution is 2.31. The predicted octanol–water partition coefficient (Wildman–Crippen LogP) is 2.51. The zero-order valence-corrected chi connectivity index (χ0v) is 14.0. The number of hydrogen-bond donors (Lipinski definition) is 0. The quantitative estimate of drug-likeness (QED) is 0.798. The van der Waals surface area contributed by atoms with Gasteiger partial charge in [-0.25, -0.2) is 4.79 Å². The average Bonchev–Trinajstić information content (AvgIpc) is 2.50. The van der Waals surface area contributed by atoms with E-state index in [0.717, 1.165) is 0 Å². The van der Waals surface area contributed by atoms with E-state index in [4.69, 9.17) is 4.84 Å². The molecule has 0 amide bonds. The summed E-state index contributed by atoms with van der Waals surface area (Å²) in [6.07, 6.45) is 0. The topological polar surface area (TPSA) is 63.7 Å². The highest BCUT2D eigenvalue weighted by molar-refractivity contribution is 6.06. The van der Waals surface area contributed by atoms with Gasteiger partial charge in [-0.2, -0.15) is 0 Å². The van der Waals surface area contributed by atoms with Crippen LogP contribution in [0, 0.1) is 17.3 Å². The zero-order chi connectivity index (χ0) is 17.2. The molecule has 1 atom stereocenters. The minimum atomic E-state index is -0.748. The highest BCUT2D eigenvalue weighted by atomic mass is 16.7. The molecule has 5 heteroatoms. The van der Waals surface area contributed by atoms with Crippen LogP contribution in [0.1, 0.15) is 38.1 Å². The third-order valence-corrected chi connectivity index (χ3v) is 4.08. The Morgan fingerprint density at radius 1 is 1.22 bits per heavy atom. The number of hydrogen-bond acceptors (Lipinski definition) is 5. The Labute approximate surface area is 136 Å². The first-order valence-corrected chi connectivity index (χ1v) is 7.82. The number of ketones is 2. The molecule has 1 aromatic carbocycles. The Morgan fingerprint density at radius 3 is 2.39 bits per heavy atom. The first-order chi connectivity index (χ1) is 10.7. The van der Waals surface area contributed by atoms with Gasteiger partial charge in [0.15, 0.2) is 5.78 Å².